The Labute approximate surface area is 212 Å². The minimum Gasteiger partial charge on any atom is -0.493 e. The second-order valence-corrected chi connectivity index (χ2v) is 9.75. The summed E-state index contributed by atoms with van der Waals surface area (Å²) in [6.07, 6.45) is 12.9. The lowest BCUT2D eigenvalue weighted by molar-refractivity contribution is 0.220. The van der Waals surface area contributed by atoms with Crippen LogP contribution in [-0.4, -0.2) is 42.0 Å². The summed E-state index contributed by atoms with van der Waals surface area (Å²) in [5.74, 6) is 0.132. The maximum atomic E-state index is 14.4. The Hall–Kier alpha value is -2.38. The van der Waals surface area contributed by atoms with E-state index in [0.717, 1.165) is 68.3 Å². The third-order valence-corrected chi connectivity index (χ3v) is 7.17. The van der Waals surface area contributed by atoms with E-state index in [4.69, 9.17) is 9.84 Å². The van der Waals surface area contributed by atoms with Crippen LogP contribution < -0.4 is 5.32 Å². The second kappa shape index (κ2) is 13.6. The molecule has 2 atom stereocenters. The predicted octanol–water partition coefficient (Wildman–Crippen LogP) is 6.58. The molecule has 1 aromatic carbocycles. The summed E-state index contributed by atoms with van der Waals surface area (Å²) in [6.45, 7) is 13.0. The number of rotatable bonds is 8. The van der Waals surface area contributed by atoms with Gasteiger partial charge < -0.3 is 10.1 Å². The van der Waals surface area contributed by atoms with Crippen LogP contribution in [0.15, 0.2) is 71.7 Å². The largest absolute Gasteiger partial charge is 0.493 e. The van der Waals surface area contributed by atoms with Gasteiger partial charge in [0.05, 0.1) is 17.7 Å². The van der Waals surface area contributed by atoms with Crippen LogP contribution in [0.1, 0.15) is 44.6 Å². The zero-order valence-electron chi connectivity index (χ0n) is 20.9. The summed E-state index contributed by atoms with van der Waals surface area (Å²) in [7, 11) is 0. The third-order valence-electron chi connectivity index (χ3n) is 6.47. The maximum absolute atomic E-state index is 14.4. The zero-order chi connectivity index (χ0) is 25.2. The first kappa shape index (κ1) is 27.2. The molecule has 0 spiro atoms. The van der Waals surface area contributed by atoms with Gasteiger partial charge in [0.15, 0.2) is 0 Å². The highest BCUT2D eigenvalue weighted by Crippen LogP contribution is 2.33. The maximum Gasteiger partial charge on any atom is 0.127 e. The van der Waals surface area contributed by atoms with Gasteiger partial charge in [-0.15, -0.1) is 11.8 Å². The van der Waals surface area contributed by atoms with E-state index in [2.05, 4.69) is 18.5 Å². The number of hydrazone groups is 1. The van der Waals surface area contributed by atoms with Gasteiger partial charge in [0.25, 0.3) is 0 Å². The van der Waals surface area contributed by atoms with E-state index in [1.54, 1.807) is 0 Å². The van der Waals surface area contributed by atoms with Gasteiger partial charge >= 0.3 is 0 Å². The number of ether oxygens (including phenoxy) is 1. The minimum atomic E-state index is -0.457. The molecule has 0 aliphatic carbocycles. The highest BCUT2D eigenvalue weighted by atomic mass is 32.2. The number of hydrogen-bond acceptors (Lipinski definition) is 5. The van der Waals surface area contributed by atoms with E-state index >= 15 is 0 Å². The minimum absolute atomic E-state index is 0.114. The average Bonchev–Trinajstić information content (AvgIpc) is 3.25. The number of hydrogen-bond donors (Lipinski definition) is 1. The molecule has 3 rings (SSSR count). The predicted molar refractivity (Wildman–Crippen MR) is 143 cm³/mol. The van der Waals surface area contributed by atoms with E-state index in [0.29, 0.717) is 11.7 Å². The van der Waals surface area contributed by atoms with Gasteiger partial charge in [-0.25, -0.2) is 8.78 Å². The van der Waals surface area contributed by atoms with Crippen molar-refractivity contribution in [3.63, 3.8) is 0 Å². The Morgan fingerprint density at radius 1 is 1.29 bits per heavy atom. The Balaban J connectivity index is 2.05. The number of nitrogens with zero attached hydrogens (tertiary/aromatic N) is 2. The smallest absolute Gasteiger partial charge is 0.127 e. The molecule has 190 valence electrons. The van der Waals surface area contributed by atoms with E-state index < -0.39 is 11.6 Å². The molecule has 1 aromatic rings. The monoisotopic (exact) mass is 501 g/mol. The van der Waals surface area contributed by atoms with Crippen molar-refractivity contribution in [1.29, 1.82) is 0 Å². The van der Waals surface area contributed by atoms with Crippen molar-refractivity contribution in [2.45, 2.75) is 51.5 Å². The fourth-order valence-corrected chi connectivity index (χ4v) is 5.05. The molecule has 2 aliphatic rings. The lowest BCUT2D eigenvalue weighted by atomic mass is 9.95. The number of nitrogens with one attached hydrogen (secondary N) is 1. The van der Waals surface area contributed by atoms with Crippen molar-refractivity contribution < 1.29 is 13.5 Å². The highest BCUT2D eigenvalue weighted by molar-refractivity contribution is 8.13. The zero-order valence-corrected chi connectivity index (χ0v) is 21.7. The Morgan fingerprint density at radius 2 is 2.11 bits per heavy atom. The van der Waals surface area contributed by atoms with Gasteiger partial charge in [-0.1, -0.05) is 31.7 Å². The molecule has 2 unspecified atom stereocenters. The van der Waals surface area contributed by atoms with Gasteiger partial charge in [0.1, 0.15) is 17.4 Å². The first-order valence-electron chi connectivity index (χ1n) is 12.3. The number of benzene rings is 1. The first-order chi connectivity index (χ1) is 17.0. The van der Waals surface area contributed by atoms with Crippen LogP contribution in [0.25, 0.3) is 0 Å². The van der Waals surface area contributed by atoms with Gasteiger partial charge in [0, 0.05) is 30.2 Å². The summed E-state index contributed by atoms with van der Waals surface area (Å²) < 4.78 is 34.3. The SMILES string of the molecule is C=CC1=C(/C=C\C)OCCCC1N(/N=C(/Cc1cc(F)ccc1F)SC)C(=C)C1CCCCNC1. The molecule has 0 radical (unpaired) electrons. The molecule has 1 saturated heterocycles. The van der Waals surface area contributed by atoms with E-state index in [9.17, 15) is 8.78 Å². The summed E-state index contributed by atoms with van der Waals surface area (Å²) in [5.41, 5.74) is 2.18. The normalized spacial score (nSPS) is 21.9. The molecule has 35 heavy (non-hydrogen) atoms. The van der Waals surface area contributed by atoms with Crippen LogP contribution in [0.5, 0.6) is 0 Å². The molecule has 2 aliphatic heterocycles. The molecule has 0 aromatic heterocycles. The van der Waals surface area contributed by atoms with Crippen molar-refractivity contribution in [1.82, 2.24) is 10.3 Å². The molecular weight excluding hydrogens is 464 g/mol. The molecule has 4 nitrogen and oxygen atoms in total. The second-order valence-electron chi connectivity index (χ2n) is 8.87. The molecule has 7 heteroatoms. The third kappa shape index (κ3) is 7.31. The van der Waals surface area contributed by atoms with Crippen LogP contribution in [0.2, 0.25) is 0 Å². The summed E-state index contributed by atoms with van der Waals surface area (Å²) in [6, 6.07) is 3.43. The van der Waals surface area contributed by atoms with Crippen molar-refractivity contribution in [2.75, 3.05) is 26.0 Å². The fourth-order valence-electron chi connectivity index (χ4n) is 4.58. The lowest BCUT2D eigenvalue weighted by Crippen LogP contribution is -2.37. The summed E-state index contributed by atoms with van der Waals surface area (Å²) in [4.78, 5) is 0. The van der Waals surface area contributed by atoms with E-state index in [1.165, 1.54) is 23.9 Å². The molecule has 0 saturated carbocycles. The van der Waals surface area contributed by atoms with Crippen molar-refractivity contribution in [3.05, 3.63) is 83.8 Å². The molecule has 1 N–H and O–H groups in total. The van der Waals surface area contributed by atoms with E-state index in [1.807, 2.05) is 36.4 Å². The lowest BCUT2D eigenvalue weighted by Gasteiger charge is -2.35. The van der Waals surface area contributed by atoms with Crippen molar-refractivity contribution in [2.24, 2.45) is 11.0 Å². The summed E-state index contributed by atoms with van der Waals surface area (Å²) >= 11 is 1.44. The Morgan fingerprint density at radius 3 is 2.86 bits per heavy atom. The molecular formula is C28H37F2N3OS. The van der Waals surface area contributed by atoms with Gasteiger partial charge in [-0.3, -0.25) is 5.01 Å². The van der Waals surface area contributed by atoms with Crippen LogP contribution >= 0.6 is 11.8 Å². The molecule has 0 bridgehead atoms. The quantitative estimate of drug-likeness (QED) is 0.248. The number of thioether (sulfide) groups is 1. The highest BCUT2D eigenvalue weighted by Gasteiger charge is 2.30. The standard InChI is InChI=1S/C28H37F2N3OS/c1-5-10-27-24(6-2)26(12-9-16-34-27)33(20(3)21-11-7-8-15-31-19-21)32-28(35-4)18-22-17-23(29)13-14-25(22)30/h5-6,10,13-14,17,21,26,31H,2-3,7-9,11-12,15-16,18-19H2,1,4H3/b10-5-,32-28-. The number of allylic oxidation sites excluding steroid dienone is 2. The Kier molecular flexibility index (Phi) is 10.6. The molecule has 0 amide bonds. The van der Waals surface area contributed by atoms with Crippen LogP contribution in [0, 0.1) is 17.6 Å². The summed E-state index contributed by atoms with van der Waals surface area (Å²) in [5, 5.41) is 11.3. The van der Waals surface area contributed by atoms with Gasteiger partial charge in [-0.2, -0.15) is 5.10 Å². The van der Waals surface area contributed by atoms with Crippen molar-refractivity contribution in [3.8, 4) is 0 Å². The first-order valence-corrected chi connectivity index (χ1v) is 13.6. The van der Waals surface area contributed by atoms with Gasteiger partial charge in [0.2, 0.25) is 0 Å². The van der Waals surface area contributed by atoms with Crippen LogP contribution in [-0.2, 0) is 11.2 Å². The number of halogens is 2. The van der Waals surface area contributed by atoms with Crippen LogP contribution in [0.4, 0.5) is 8.78 Å². The van der Waals surface area contributed by atoms with Crippen molar-refractivity contribution >= 4 is 16.8 Å². The van der Waals surface area contributed by atoms with Gasteiger partial charge in [-0.05, 0) is 75.2 Å². The average molecular weight is 502 g/mol. The molecule has 1 fully saturated rings. The Bertz CT molecular complexity index is 980. The van der Waals surface area contributed by atoms with Crippen LogP contribution in [0.3, 0.4) is 0 Å². The fraction of sp³-hybridized carbons (Fsp3) is 0.464. The van der Waals surface area contributed by atoms with E-state index in [-0.39, 0.29) is 23.9 Å². The molecule has 2 heterocycles. The topological polar surface area (TPSA) is 36.9 Å².